The molecule has 0 radical (unpaired) electrons. The van der Waals surface area contributed by atoms with Gasteiger partial charge in [0.1, 0.15) is 19.7 Å². The van der Waals surface area contributed by atoms with Gasteiger partial charge in [-0.15, -0.1) is 6.58 Å². The third-order valence-corrected chi connectivity index (χ3v) is 3.11. The summed E-state index contributed by atoms with van der Waals surface area (Å²) >= 11 is 0. The first-order valence-corrected chi connectivity index (χ1v) is 7.08. The number of benzene rings is 1. The fraction of sp³-hybridized carbons (Fsp3) is 0.294. The maximum atomic E-state index is 5.77. The van der Waals surface area contributed by atoms with E-state index in [2.05, 4.69) is 11.9 Å². The van der Waals surface area contributed by atoms with Crippen LogP contribution >= 0.6 is 0 Å². The highest BCUT2D eigenvalue weighted by molar-refractivity contribution is 5.43. The van der Waals surface area contributed by atoms with E-state index in [0.717, 1.165) is 36.8 Å². The summed E-state index contributed by atoms with van der Waals surface area (Å²) in [6.45, 7) is 6.05. The predicted octanol–water partition coefficient (Wildman–Crippen LogP) is 2.16. The van der Waals surface area contributed by atoms with Crippen LogP contribution in [0.25, 0.3) is 0 Å². The van der Waals surface area contributed by atoms with Crippen LogP contribution in [0, 0.1) is 0 Å². The first-order valence-electron chi connectivity index (χ1n) is 7.08. The molecule has 0 spiro atoms. The summed E-state index contributed by atoms with van der Waals surface area (Å²) in [6, 6.07) is 9.84. The van der Waals surface area contributed by atoms with Crippen LogP contribution < -0.4 is 14.8 Å². The zero-order chi connectivity index (χ0) is 14.9. The van der Waals surface area contributed by atoms with Gasteiger partial charge in [0.05, 0.1) is 13.4 Å². The molecule has 0 unspecified atom stereocenters. The van der Waals surface area contributed by atoms with Crippen molar-refractivity contribution >= 4 is 0 Å². The minimum absolute atomic E-state index is 0.623. The third-order valence-electron chi connectivity index (χ3n) is 3.11. The van der Waals surface area contributed by atoms with Crippen molar-refractivity contribution in [2.45, 2.75) is 13.0 Å². The molecule has 112 valence electrons. The zero-order valence-corrected chi connectivity index (χ0v) is 12.4. The standard InChI is InChI=1S/C17H21NO3/c1-3-5-14-7-8-16(17(12-14)19-2)21-11-9-18-13-15-6-4-10-20-15/h3-4,6-8,10,12,18H,1,5,9,11,13H2,2H3/p+1. The van der Waals surface area contributed by atoms with Crippen molar-refractivity contribution in [1.29, 1.82) is 0 Å². The number of hydrogen-bond donors (Lipinski definition) is 1. The van der Waals surface area contributed by atoms with Gasteiger partial charge in [-0.1, -0.05) is 12.1 Å². The van der Waals surface area contributed by atoms with Crippen molar-refractivity contribution in [3.05, 3.63) is 60.6 Å². The van der Waals surface area contributed by atoms with Crippen LogP contribution in [0.3, 0.4) is 0 Å². The van der Waals surface area contributed by atoms with Gasteiger partial charge in [0, 0.05) is 0 Å². The second-order valence-electron chi connectivity index (χ2n) is 4.69. The molecule has 0 aliphatic rings. The van der Waals surface area contributed by atoms with Crippen LogP contribution in [-0.2, 0) is 13.0 Å². The fourth-order valence-electron chi connectivity index (χ4n) is 2.05. The number of methoxy groups -OCH3 is 1. The van der Waals surface area contributed by atoms with Gasteiger partial charge >= 0.3 is 0 Å². The van der Waals surface area contributed by atoms with Gasteiger partial charge in [-0.05, 0) is 36.2 Å². The number of nitrogens with two attached hydrogens (primary N) is 1. The van der Waals surface area contributed by atoms with Crippen LogP contribution in [0.15, 0.2) is 53.7 Å². The Bertz CT molecular complexity index is 549. The highest BCUT2D eigenvalue weighted by atomic mass is 16.5. The molecule has 0 atom stereocenters. The van der Waals surface area contributed by atoms with E-state index in [9.17, 15) is 0 Å². The topological polar surface area (TPSA) is 48.2 Å². The summed E-state index contributed by atoms with van der Waals surface area (Å²) in [5.74, 6) is 2.51. The number of quaternary nitrogens is 1. The van der Waals surface area contributed by atoms with Crippen molar-refractivity contribution in [3.8, 4) is 11.5 Å². The van der Waals surface area contributed by atoms with Gasteiger partial charge in [0.15, 0.2) is 17.3 Å². The Morgan fingerprint density at radius 2 is 2.19 bits per heavy atom. The smallest absolute Gasteiger partial charge is 0.161 e. The van der Waals surface area contributed by atoms with Gasteiger partial charge in [-0.3, -0.25) is 0 Å². The fourth-order valence-corrected chi connectivity index (χ4v) is 2.05. The Morgan fingerprint density at radius 1 is 1.29 bits per heavy atom. The number of rotatable bonds is 9. The average Bonchev–Trinajstić information content (AvgIpc) is 3.01. The molecular formula is C17H22NO3+. The van der Waals surface area contributed by atoms with E-state index in [1.165, 1.54) is 5.56 Å². The second-order valence-corrected chi connectivity index (χ2v) is 4.69. The van der Waals surface area contributed by atoms with Gasteiger partial charge < -0.3 is 19.2 Å². The summed E-state index contributed by atoms with van der Waals surface area (Å²) < 4.78 is 16.4. The van der Waals surface area contributed by atoms with Crippen molar-refractivity contribution in [2.75, 3.05) is 20.3 Å². The molecule has 21 heavy (non-hydrogen) atoms. The Balaban J connectivity index is 1.78. The zero-order valence-electron chi connectivity index (χ0n) is 12.4. The third kappa shape index (κ3) is 4.68. The molecule has 0 fully saturated rings. The summed E-state index contributed by atoms with van der Waals surface area (Å²) in [4.78, 5) is 0. The molecule has 1 aromatic carbocycles. The van der Waals surface area contributed by atoms with Crippen LogP contribution in [-0.4, -0.2) is 20.3 Å². The Morgan fingerprint density at radius 3 is 2.90 bits per heavy atom. The van der Waals surface area contributed by atoms with Gasteiger partial charge in [0.25, 0.3) is 0 Å². The number of allylic oxidation sites excluding steroid dienone is 1. The van der Waals surface area contributed by atoms with E-state index in [0.29, 0.717) is 6.61 Å². The van der Waals surface area contributed by atoms with E-state index >= 15 is 0 Å². The molecule has 0 amide bonds. The SMILES string of the molecule is C=CCc1ccc(OCC[NH2+]Cc2ccco2)c(OC)c1. The van der Waals surface area contributed by atoms with E-state index < -0.39 is 0 Å². The summed E-state index contributed by atoms with van der Waals surface area (Å²) in [6.07, 6.45) is 4.39. The Kier molecular flexibility index (Phi) is 5.91. The lowest BCUT2D eigenvalue weighted by Gasteiger charge is -2.11. The molecular weight excluding hydrogens is 266 g/mol. The van der Waals surface area contributed by atoms with E-state index in [4.69, 9.17) is 13.9 Å². The van der Waals surface area contributed by atoms with Crippen molar-refractivity contribution in [3.63, 3.8) is 0 Å². The minimum Gasteiger partial charge on any atom is -0.493 e. The molecule has 2 rings (SSSR count). The molecule has 0 aliphatic heterocycles. The lowest BCUT2D eigenvalue weighted by molar-refractivity contribution is -0.672. The van der Waals surface area contributed by atoms with E-state index in [1.54, 1.807) is 13.4 Å². The molecule has 0 bridgehead atoms. The monoisotopic (exact) mass is 288 g/mol. The van der Waals surface area contributed by atoms with Crippen LogP contribution in [0.1, 0.15) is 11.3 Å². The first-order chi connectivity index (χ1) is 10.3. The van der Waals surface area contributed by atoms with Gasteiger partial charge in [-0.25, -0.2) is 0 Å². The minimum atomic E-state index is 0.623. The molecule has 0 saturated heterocycles. The van der Waals surface area contributed by atoms with Crippen molar-refractivity contribution in [1.82, 2.24) is 0 Å². The normalized spacial score (nSPS) is 10.3. The van der Waals surface area contributed by atoms with Gasteiger partial charge in [-0.2, -0.15) is 0 Å². The average molecular weight is 288 g/mol. The van der Waals surface area contributed by atoms with Crippen LogP contribution in [0.5, 0.6) is 11.5 Å². The lowest BCUT2D eigenvalue weighted by atomic mass is 10.1. The number of hydrogen-bond acceptors (Lipinski definition) is 3. The molecule has 1 aromatic heterocycles. The molecule has 0 saturated carbocycles. The van der Waals surface area contributed by atoms with Crippen LogP contribution in [0.2, 0.25) is 0 Å². The molecule has 1 heterocycles. The van der Waals surface area contributed by atoms with E-state index in [-0.39, 0.29) is 0 Å². The summed E-state index contributed by atoms with van der Waals surface area (Å²) in [7, 11) is 1.66. The van der Waals surface area contributed by atoms with Crippen molar-refractivity contribution < 1.29 is 19.2 Å². The molecule has 2 aromatic rings. The molecule has 2 N–H and O–H groups in total. The number of furan rings is 1. The highest BCUT2D eigenvalue weighted by Crippen LogP contribution is 2.28. The van der Waals surface area contributed by atoms with E-state index in [1.807, 2.05) is 36.4 Å². The summed E-state index contributed by atoms with van der Waals surface area (Å²) in [5.41, 5.74) is 1.17. The predicted molar refractivity (Wildman–Crippen MR) is 81.6 cm³/mol. The largest absolute Gasteiger partial charge is 0.493 e. The Hall–Kier alpha value is -2.20. The second kappa shape index (κ2) is 8.17. The Labute approximate surface area is 125 Å². The quantitative estimate of drug-likeness (QED) is 0.568. The molecule has 0 aliphatic carbocycles. The first kappa shape index (κ1) is 15.2. The highest BCUT2D eigenvalue weighted by Gasteiger charge is 2.06. The molecule has 4 nitrogen and oxygen atoms in total. The maximum absolute atomic E-state index is 5.77. The van der Waals surface area contributed by atoms with Crippen LogP contribution in [0.4, 0.5) is 0 Å². The molecule has 4 heteroatoms. The number of ether oxygens (including phenoxy) is 2. The summed E-state index contributed by atoms with van der Waals surface area (Å²) in [5, 5.41) is 2.15. The lowest BCUT2D eigenvalue weighted by Crippen LogP contribution is -2.83. The maximum Gasteiger partial charge on any atom is 0.161 e. The van der Waals surface area contributed by atoms with Gasteiger partial charge in [0.2, 0.25) is 0 Å². The van der Waals surface area contributed by atoms with Crippen molar-refractivity contribution in [2.24, 2.45) is 0 Å².